The monoisotopic (exact) mass is 315 g/mol. The number of hydrogen-bond donors (Lipinski definition) is 1. The predicted octanol–water partition coefficient (Wildman–Crippen LogP) is 2.06. The van der Waals surface area contributed by atoms with Gasteiger partial charge in [0.2, 0.25) is 0 Å². The van der Waals surface area contributed by atoms with Crippen LogP contribution < -0.4 is 4.74 Å². The van der Waals surface area contributed by atoms with Gasteiger partial charge >= 0.3 is 0 Å². The van der Waals surface area contributed by atoms with Gasteiger partial charge in [0.15, 0.2) is 6.10 Å². The summed E-state index contributed by atoms with van der Waals surface area (Å²) in [7, 11) is 1.65. The summed E-state index contributed by atoms with van der Waals surface area (Å²) in [6.07, 6.45) is -1.12. The van der Waals surface area contributed by atoms with E-state index in [1.165, 1.54) is 4.90 Å². The first-order valence-corrected chi connectivity index (χ1v) is 6.54. The highest BCUT2D eigenvalue weighted by Gasteiger charge is 2.19. The maximum absolute atomic E-state index is 11.9. The smallest absolute Gasteiger partial charge is 0.263 e. The van der Waals surface area contributed by atoms with Crippen molar-refractivity contribution in [2.75, 3.05) is 13.6 Å². The van der Waals surface area contributed by atoms with Gasteiger partial charge in [-0.1, -0.05) is 15.9 Å². The fourth-order valence-corrected chi connectivity index (χ4v) is 1.83. The van der Waals surface area contributed by atoms with Gasteiger partial charge in [0.25, 0.3) is 5.91 Å². The van der Waals surface area contributed by atoms with E-state index in [2.05, 4.69) is 15.9 Å². The molecule has 0 saturated carbocycles. The van der Waals surface area contributed by atoms with Crippen molar-refractivity contribution in [1.82, 2.24) is 4.90 Å². The Hall–Kier alpha value is -1.07. The summed E-state index contributed by atoms with van der Waals surface area (Å²) in [6, 6.07) is 7.29. The second kappa shape index (κ2) is 6.75. The van der Waals surface area contributed by atoms with Gasteiger partial charge in [-0.25, -0.2) is 0 Å². The van der Waals surface area contributed by atoms with E-state index >= 15 is 0 Å². The van der Waals surface area contributed by atoms with E-state index in [9.17, 15) is 9.90 Å². The van der Waals surface area contributed by atoms with E-state index in [0.717, 1.165) is 4.47 Å². The Bertz CT molecular complexity index is 392. The van der Waals surface area contributed by atoms with Crippen molar-refractivity contribution in [2.45, 2.75) is 26.1 Å². The molecule has 0 aliphatic heterocycles. The van der Waals surface area contributed by atoms with Crippen molar-refractivity contribution >= 4 is 21.8 Å². The quantitative estimate of drug-likeness (QED) is 0.904. The van der Waals surface area contributed by atoms with Crippen LogP contribution in [0.3, 0.4) is 0 Å². The number of halogens is 1. The maximum Gasteiger partial charge on any atom is 0.263 e. The minimum atomic E-state index is -0.574. The third-order valence-corrected chi connectivity index (χ3v) is 2.92. The third kappa shape index (κ3) is 4.66. The molecule has 0 fully saturated rings. The molecule has 5 heteroatoms. The molecule has 2 atom stereocenters. The van der Waals surface area contributed by atoms with Crippen LogP contribution in [-0.2, 0) is 4.79 Å². The Morgan fingerprint density at radius 3 is 2.44 bits per heavy atom. The summed E-state index contributed by atoms with van der Waals surface area (Å²) in [4.78, 5) is 13.4. The topological polar surface area (TPSA) is 49.8 Å². The van der Waals surface area contributed by atoms with Gasteiger partial charge in [0, 0.05) is 18.1 Å². The van der Waals surface area contributed by atoms with Gasteiger partial charge in [-0.15, -0.1) is 0 Å². The summed E-state index contributed by atoms with van der Waals surface area (Å²) in [5, 5.41) is 9.23. The summed E-state index contributed by atoms with van der Waals surface area (Å²) in [5.74, 6) is 0.489. The van der Waals surface area contributed by atoms with Crippen molar-refractivity contribution in [3.63, 3.8) is 0 Å². The molecule has 1 aromatic rings. The lowest BCUT2D eigenvalue weighted by molar-refractivity contribution is -0.137. The molecule has 0 heterocycles. The SMILES string of the molecule is CC(O)CN(C)C(=O)C(C)Oc1ccc(Br)cc1. The average molecular weight is 316 g/mol. The Morgan fingerprint density at radius 2 is 1.94 bits per heavy atom. The first-order valence-electron chi connectivity index (χ1n) is 5.75. The molecular formula is C13H18BrNO3. The molecule has 100 valence electrons. The van der Waals surface area contributed by atoms with E-state index in [4.69, 9.17) is 4.74 Å². The normalized spacial score (nSPS) is 13.8. The molecule has 0 aromatic heterocycles. The molecule has 0 radical (unpaired) electrons. The van der Waals surface area contributed by atoms with Crippen LogP contribution in [0.1, 0.15) is 13.8 Å². The highest BCUT2D eigenvalue weighted by molar-refractivity contribution is 9.10. The minimum absolute atomic E-state index is 0.154. The van der Waals surface area contributed by atoms with Gasteiger partial charge in [-0.05, 0) is 38.1 Å². The van der Waals surface area contributed by atoms with E-state index in [1.54, 1.807) is 33.0 Å². The first-order chi connectivity index (χ1) is 8.40. The molecule has 18 heavy (non-hydrogen) atoms. The minimum Gasteiger partial charge on any atom is -0.481 e. The predicted molar refractivity (Wildman–Crippen MR) is 73.5 cm³/mol. The summed E-state index contributed by atoms with van der Waals surface area (Å²) >= 11 is 3.33. The van der Waals surface area contributed by atoms with Gasteiger partial charge in [-0.2, -0.15) is 0 Å². The van der Waals surface area contributed by atoms with Gasteiger partial charge in [-0.3, -0.25) is 4.79 Å². The third-order valence-electron chi connectivity index (χ3n) is 2.39. The Morgan fingerprint density at radius 1 is 1.39 bits per heavy atom. The molecule has 0 saturated heterocycles. The number of hydrogen-bond acceptors (Lipinski definition) is 3. The van der Waals surface area contributed by atoms with Gasteiger partial charge in [0.05, 0.1) is 6.10 Å². The van der Waals surface area contributed by atoms with Crippen LogP contribution >= 0.6 is 15.9 Å². The van der Waals surface area contributed by atoms with E-state index in [1.807, 2.05) is 12.1 Å². The van der Waals surface area contributed by atoms with Gasteiger partial charge in [0.1, 0.15) is 5.75 Å². The summed E-state index contributed by atoms with van der Waals surface area (Å²) < 4.78 is 6.50. The zero-order chi connectivity index (χ0) is 13.7. The largest absolute Gasteiger partial charge is 0.481 e. The molecule has 1 aromatic carbocycles. The molecule has 0 spiro atoms. The number of carbonyl (C=O) groups is 1. The highest BCUT2D eigenvalue weighted by atomic mass is 79.9. The fraction of sp³-hybridized carbons (Fsp3) is 0.462. The standard InChI is InChI=1S/C13H18BrNO3/c1-9(16)8-15(3)13(17)10(2)18-12-6-4-11(14)5-7-12/h4-7,9-10,16H,8H2,1-3H3. The average Bonchev–Trinajstić information content (AvgIpc) is 2.30. The Kier molecular flexibility index (Phi) is 5.62. The maximum atomic E-state index is 11.9. The van der Waals surface area contributed by atoms with Crippen molar-refractivity contribution in [3.8, 4) is 5.75 Å². The van der Waals surface area contributed by atoms with Crippen LogP contribution in [0, 0.1) is 0 Å². The zero-order valence-electron chi connectivity index (χ0n) is 10.8. The zero-order valence-corrected chi connectivity index (χ0v) is 12.3. The second-order valence-electron chi connectivity index (χ2n) is 4.28. The number of benzene rings is 1. The van der Waals surface area contributed by atoms with Crippen molar-refractivity contribution in [2.24, 2.45) is 0 Å². The van der Waals surface area contributed by atoms with Crippen molar-refractivity contribution in [3.05, 3.63) is 28.7 Å². The van der Waals surface area contributed by atoms with Crippen LogP contribution in [-0.4, -0.2) is 41.7 Å². The van der Waals surface area contributed by atoms with E-state index < -0.39 is 12.2 Å². The number of nitrogens with zero attached hydrogens (tertiary/aromatic N) is 1. The molecule has 0 bridgehead atoms. The Balaban J connectivity index is 2.56. The number of amides is 1. The number of aliphatic hydroxyl groups is 1. The first kappa shape index (κ1) is 15.0. The fourth-order valence-electron chi connectivity index (χ4n) is 1.56. The molecule has 1 N–H and O–H groups in total. The highest BCUT2D eigenvalue weighted by Crippen LogP contribution is 2.17. The summed E-state index contributed by atoms with van der Waals surface area (Å²) in [5.41, 5.74) is 0. The molecule has 0 aliphatic carbocycles. The van der Waals surface area contributed by atoms with Crippen molar-refractivity contribution in [1.29, 1.82) is 0 Å². The van der Waals surface area contributed by atoms with Crippen LogP contribution in [0.4, 0.5) is 0 Å². The number of rotatable bonds is 5. The second-order valence-corrected chi connectivity index (χ2v) is 5.20. The molecule has 1 amide bonds. The molecule has 4 nitrogen and oxygen atoms in total. The van der Waals surface area contributed by atoms with Crippen LogP contribution in [0.2, 0.25) is 0 Å². The molecule has 0 aliphatic rings. The van der Waals surface area contributed by atoms with Gasteiger partial charge < -0.3 is 14.7 Å². The van der Waals surface area contributed by atoms with Crippen LogP contribution in [0.15, 0.2) is 28.7 Å². The molecule has 1 rings (SSSR count). The van der Waals surface area contributed by atoms with Crippen LogP contribution in [0.5, 0.6) is 5.75 Å². The van der Waals surface area contributed by atoms with E-state index in [0.29, 0.717) is 12.3 Å². The number of likely N-dealkylation sites (N-methyl/N-ethyl adjacent to an activating group) is 1. The number of ether oxygens (including phenoxy) is 1. The lowest BCUT2D eigenvalue weighted by atomic mass is 10.3. The van der Waals surface area contributed by atoms with E-state index in [-0.39, 0.29) is 5.91 Å². The molecular weight excluding hydrogens is 298 g/mol. The lowest BCUT2D eigenvalue weighted by Crippen LogP contribution is -2.41. The number of aliphatic hydroxyl groups excluding tert-OH is 1. The Labute approximate surface area is 116 Å². The molecule has 2 unspecified atom stereocenters. The van der Waals surface area contributed by atoms with Crippen molar-refractivity contribution < 1.29 is 14.6 Å². The summed E-state index contributed by atoms with van der Waals surface area (Å²) in [6.45, 7) is 3.64. The van der Waals surface area contributed by atoms with Crippen LogP contribution in [0.25, 0.3) is 0 Å². The lowest BCUT2D eigenvalue weighted by Gasteiger charge is -2.23. The number of carbonyl (C=O) groups excluding carboxylic acids is 1.